The molecule has 0 aliphatic rings. The third-order valence-corrected chi connectivity index (χ3v) is 3.93. The minimum atomic E-state index is -0.437. The van der Waals surface area contributed by atoms with E-state index in [2.05, 4.69) is 10.3 Å². The van der Waals surface area contributed by atoms with Gasteiger partial charge in [-0.2, -0.15) is 0 Å². The summed E-state index contributed by atoms with van der Waals surface area (Å²) in [5.74, 6) is -0.664. The van der Waals surface area contributed by atoms with Gasteiger partial charge in [-0.1, -0.05) is 6.07 Å². The molecule has 0 unspecified atom stereocenters. The number of rotatable bonds is 4. The van der Waals surface area contributed by atoms with Gasteiger partial charge in [0.25, 0.3) is 5.91 Å². The standard InChI is InChI=1S/C14H16N2O3S/c1-8-11(14(18)19-3)9(2)16-12(8)13(17)15-7-10-5-4-6-20-10/h4-6,16H,7H2,1-3H3,(H,15,17). The molecule has 5 nitrogen and oxygen atoms in total. The fourth-order valence-electron chi connectivity index (χ4n) is 2.05. The Bertz CT molecular complexity index is 629. The number of esters is 1. The first-order valence-corrected chi connectivity index (χ1v) is 7.00. The van der Waals surface area contributed by atoms with E-state index in [-0.39, 0.29) is 5.91 Å². The van der Waals surface area contributed by atoms with Gasteiger partial charge >= 0.3 is 5.97 Å². The van der Waals surface area contributed by atoms with Crippen LogP contribution in [0.5, 0.6) is 0 Å². The molecule has 0 saturated carbocycles. The van der Waals surface area contributed by atoms with E-state index in [1.807, 2.05) is 17.5 Å². The second kappa shape index (κ2) is 5.92. The second-order valence-corrected chi connectivity index (χ2v) is 5.41. The quantitative estimate of drug-likeness (QED) is 0.850. The molecular weight excluding hydrogens is 276 g/mol. The van der Waals surface area contributed by atoms with Crippen LogP contribution in [0, 0.1) is 13.8 Å². The van der Waals surface area contributed by atoms with Crippen molar-refractivity contribution < 1.29 is 14.3 Å². The van der Waals surface area contributed by atoms with Crippen LogP contribution in [0.4, 0.5) is 0 Å². The molecule has 0 fully saturated rings. The molecule has 1 amide bonds. The summed E-state index contributed by atoms with van der Waals surface area (Å²) in [5, 5.41) is 4.79. The number of H-pyrrole nitrogens is 1. The third kappa shape index (κ3) is 2.75. The normalized spacial score (nSPS) is 10.3. The number of nitrogens with one attached hydrogen (secondary N) is 2. The molecule has 2 heterocycles. The molecule has 0 aromatic carbocycles. The summed E-state index contributed by atoms with van der Waals surface area (Å²) in [5.41, 5.74) is 2.07. The molecule has 2 N–H and O–H groups in total. The number of thiophene rings is 1. The molecule has 0 radical (unpaired) electrons. The van der Waals surface area contributed by atoms with Crippen molar-refractivity contribution in [1.82, 2.24) is 10.3 Å². The predicted octanol–water partition coefficient (Wildman–Crippen LogP) is 2.41. The molecule has 106 valence electrons. The van der Waals surface area contributed by atoms with Gasteiger partial charge in [0.1, 0.15) is 5.69 Å². The number of hydrogen-bond donors (Lipinski definition) is 2. The van der Waals surface area contributed by atoms with Crippen LogP contribution in [0.2, 0.25) is 0 Å². The summed E-state index contributed by atoms with van der Waals surface area (Å²) in [6.45, 7) is 3.95. The Balaban J connectivity index is 2.16. The van der Waals surface area contributed by atoms with E-state index in [1.54, 1.807) is 25.2 Å². The summed E-state index contributed by atoms with van der Waals surface area (Å²) >= 11 is 1.58. The van der Waals surface area contributed by atoms with Gasteiger partial charge in [-0.05, 0) is 30.9 Å². The van der Waals surface area contributed by atoms with Gasteiger partial charge in [0, 0.05) is 10.6 Å². The maximum Gasteiger partial charge on any atom is 0.339 e. The number of aryl methyl sites for hydroxylation is 1. The Morgan fingerprint density at radius 3 is 2.75 bits per heavy atom. The van der Waals surface area contributed by atoms with E-state index >= 15 is 0 Å². The molecule has 0 atom stereocenters. The van der Waals surface area contributed by atoms with E-state index in [4.69, 9.17) is 4.74 Å². The van der Waals surface area contributed by atoms with Gasteiger partial charge in [0.15, 0.2) is 0 Å². The van der Waals surface area contributed by atoms with E-state index in [0.29, 0.717) is 29.1 Å². The Labute approximate surface area is 121 Å². The van der Waals surface area contributed by atoms with Crippen molar-refractivity contribution in [2.24, 2.45) is 0 Å². The number of carbonyl (C=O) groups is 2. The van der Waals surface area contributed by atoms with Gasteiger partial charge in [-0.15, -0.1) is 11.3 Å². The highest BCUT2D eigenvalue weighted by Gasteiger charge is 2.22. The lowest BCUT2D eigenvalue weighted by Crippen LogP contribution is -2.23. The van der Waals surface area contributed by atoms with Crippen molar-refractivity contribution >= 4 is 23.2 Å². The highest BCUT2D eigenvalue weighted by molar-refractivity contribution is 7.09. The maximum absolute atomic E-state index is 12.1. The zero-order valence-electron chi connectivity index (χ0n) is 11.6. The van der Waals surface area contributed by atoms with Crippen molar-refractivity contribution in [3.05, 3.63) is 44.9 Å². The molecule has 20 heavy (non-hydrogen) atoms. The molecule has 2 aromatic rings. The molecule has 0 aliphatic carbocycles. The second-order valence-electron chi connectivity index (χ2n) is 4.38. The first-order valence-electron chi connectivity index (χ1n) is 6.12. The number of aromatic nitrogens is 1. The summed E-state index contributed by atoms with van der Waals surface area (Å²) in [6.07, 6.45) is 0. The molecule has 0 bridgehead atoms. The molecule has 0 aliphatic heterocycles. The lowest BCUT2D eigenvalue weighted by atomic mass is 10.1. The first kappa shape index (κ1) is 14.3. The lowest BCUT2D eigenvalue weighted by molar-refractivity contribution is 0.0599. The summed E-state index contributed by atoms with van der Waals surface area (Å²) in [7, 11) is 1.32. The molecule has 2 aromatic heterocycles. The van der Waals surface area contributed by atoms with Crippen LogP contribution in [-0.4, -0.2) is 24.0 Å². The largest absolute Gasteiger partial charge is 0.465 e. The lowest BCUT2D eigenvalue weighted by Gasteiger charge is -2.03. The smallest absolute Gasteiger partial charge is 0.339 e. The minimum Gasteiger partial charge on any atom is -0.465 e. The fraction of sp³-hybridized carbons (Fsp3) is 0.286. The Hall–Kier alpha value is -2.08. The number of amides is 1. The van der Waals surface area contributed by atoms with Crippen LogP contribution in [0.3, 0.4) is 0 Å². The maximum atomic E-state index is 12.1. The van der Waals surface area contributed by atoms with E-state index in [9.17, 15) is 9.59 Å². The van der Waals surface area contributed by atoms with Crippen LogP contribution in [0.1, 0.15) is 37.0 Å². The van der Waals surface area contributed by atoms with Crippen LogP contribution < -0.4 is 5.32 Å². The van der Waals surface area contributed by atoms with Crippen molar-refractivity contribution in [3.63, 3.8) is 0 Å². The Kier molecular flexibility index (Phi) is 4.24. The monoisotopic (exact) mass is 292 g/mol. The van der Waals surface area contributed by atoms with Crippen molar-refractivity contribution in [1.29, 1.82) is 0 Å². The van der Waals surface area contributed by atoms with Crippen molar-refractivity contribution in [2.45, 2.75) is 20.4 Å². The molecule has 6 heteroatoms. The highest BCUT2D eigenvalue weighted by atomic mass is 32.1. The zero-order valence-corrected chi connectivity index (χ0v) is 12.4. The molecule has 2 rings (SSSR count). The van der Waals surface area contributed by atoms with Gasteiger partial charge in [-0.25, -0.2) is 4.79 Å². The number of ether oxygens (including phenoxy) is 1. The van der Waals surface area contributed by atoms with E-state index in [1.165, 1.54) is 7.11 Å². The zero-order chi connectivity index (χ0) is 14.7. The van der Waals surface area contributed by atoms with Crippen molar-refractivity contribution in [2.75, 3.05) is 7.11 Å². The van der Waals surface area contributed by atoms with Crippen LogP contribution in [0.15, 0.2) is 17.5 Å². The Morgan fingerprint density at radius 2 is 2.15 bits per heavy atom. The molecule has 0 saturated heterocycles. The number of aromatic amines is 1. The topological polar surface area (TPSA) is 71.2 Å². The number of methoxy groups -OCH3 is 1. The van der Waals surface area contributed by atoms with E-state index < -0.39 is 5.97 Å². The fourth-order valence-corrected chi connectivity index (χ4v) is 2.70. The van der Waals surface area contributed by atoms with Gasteiger partial charge in [-0.3, -0.25) is 4.79 Å². The van der Waals surface area contributed by atoms with Crippen LogP contribution >= 0.6 is 11.3 Å². The van der Waals surface area contributed by atoms with E-state index in [0.717, 1.165) is 4.88 Å². The van der Waals surface area contributed by atoms with Crippen LogP contribution in [0.25, 0.3) is 0 Å². The summed E-state index contributed by atoms with van der Waals surface area (Å²) < 4.78 is 4.72. The third-order valence-electron chi connectivity index (χ3n) is 3.06. The van der Waals surface area contributed by atoms with Crippen LogP contribution in [-0.2, 0) is 11.3 Å². The summed E-state index contributed by atoms with van der Waals surface area (Å²) in [6, 6.07) is 3.89. The summed E-state index contributed by atoms with van der Waals surface area (Å²) in [4.78, 5) is 27.8. The van der Waals surface area contributed by atoms with Gasteiger partial charge < -0.3 is 15.0 Å². The highest BCUT2D eigenvalue weighted by Crippen LogP contribution is 2.19. The van der Waals surface area contributed by atoms with Gasteiger partial charge in [0.2, 0.25) is 0 Å². The molecule has 0 spiro atoms. The molecular formula is C14H16N2O3S. The van der Waals surface area contributed by atoms with Crippen molar-refractivity contribution in [3.8, 4) is 0 Å². The SMILES string of the molecule is COC(=O)c1c(C)[nH]c(C(=O)NCc2cccs2)c1C. The van der Waals surface area contributed by atoms with Gasteiger partial charge in [0.05, 0.1) is 19.2 Å². The first-order chi connectivity index (χ1) is 9.54. The number of carbonyl (C=O) groups excluding carboxylic acids is 2. The average molecular weight is 292 g/mol. The average Bonchev–Trinajstić information content (AvgIpc) is 3.04. The predicted molar refractivity (Wildman–Crippen MR) is 77.1 cm³/mol. The number of hydrogen-bond acceptors (Lipinski definition) is 4. The minimum absolute atomic E-state index is 0.228. The Morgan fingerprint density at radius 1 is 1.40 bits per heavy atom.